The van der Waals surface area contributed by atoms with E-state index in [1.807, 2.05) is 30.3 Å². The maximum absolute atomic E-state index is 13.3. The Bertz CT molecular complexity index is 1260. The van der Waals surface area contributed by atoms with Gasteiger partial charge in [-0.15, -0.1) is 11.3 Å². The smallest absolute Gasteiger partial charge is 0.344 e. The first-order valence-electron chi connectivity index (χ1n) is 11.3. The van der Waals surface area contributed by atoms with Crippen molar-refractivity contribution in [2.45, 2.75) is 32.6 Å². The van der Waals surface area contributed by atoms with E-state index in [2.05, 4.69) is 27.9 Å². The molecular formula is C26H24ClIN2O4S. The molecule has 1 aliphatic rings. The first-order chi connectivity index (χ1) is 17.0. The van der Waals surface area contributed by atoms with Crippen LogP contribution in [0.3, 0.4) is 0 Å². The molecule has 0 saturated heterocycles. The summed E-state index contributed by atoms with van der Waals surface area (Å²) in [7, 11) is 0. The van der Waals surface area contributed by atoms with Crippen molar-refractivity contribution < 1.29 is 19.1 Å². The Morgan fingerprint density at radius 2 is 1.97 bits per heavy atom. The van der Waals surface area contributed by atoms with E-state index in [0.29, 0.717) is 26.9 Å². The summed E-state index contributed by atoms with van der Waals surface area (Å²) in [5.74, 6) is -0.127. The number of thiophene rings is 1. The van der Waals surface area contributed by atoms with E-state index in [1.165, 1.54) is 4.88 Å². The van der Waals surface area contributed by atoms with E-state index in [1.54, 1.807) is 36.6 Å². The van der Waals surface area contributed by atoms with Gasteiger partial charge in [0.1, 0.15) is 10.8 Å². The summed E-state index contributed by atoms with van der Waals surface area (Å²) in [6, 6.07) is 12.9. The van der Waals surface area contributed by atoms with Crippen molar-refractivity contribution in [3.63, 3.8) is 0 Å². The van der Waals surface area contributed by atoms with Crippen LogP contribution in [0.25, 0.3) is 0 Å². The number of rotatable bonds is 8. The topological polar surface area (TPSA) is 77.0 Å². The van der Waals surface area contributed by atoms with Gasteiger partial charge in [-0.3, -0.25) is 4.79 Å². The second kappa shape index (κ2) is 12.0. The van der Waals surface area contributed by atoms with E-state index in [-0.39, 0.29) is 19.1 Å². The average Bonchev–Trinajstić information content (AvgIpc) is 3.21. The van der Waals surface area contributed by atoms with Crippen LogP contribution in [0, 0.1) is 3.57 Å². The predicted molar refractivity (Wildman–Crippen MR) is 149 cm³/mol. The van der Waals surface area contributed by atoms with E-state index in [0.717, 1.165) is 40.5 Å². The molecule has 6 nitrogen and oxygen atoms in total. The first-order valence-corrected chi connectivity index (χ1v) is 13.6. The number of aryl methyl sites for hydroxylation is 1. The zero-order valence-electron chi connectivity index (χ0n) is 19.1. The molecule has 0 bridgehead atoms. The molecule has 35 heavy (non-hydrogen) atoms. The number of nitrogens with zero attached hydrogens (tertiary/aromatic N) is 1. The number of amides is 1. The highest BCUT2D eigenvalue weighted by Crippen LogP contribution is 2.40. The van der Waals surface area contributed by atoms with Crippen LogP contribution in [0.2, 0.25) is 5.02 Å². The maximum Gasteiger partial charge on any atom is 0.344 e. The molecule has 0 unspecified atom stereocenters. The number of aliphatic imine (C=N–C) groups is 1. The van der Waals surface area contributed by atoms with E-state index >= 15 is 0 Å². The normalized spacial score (nSPS) is 12.9. The van der Waals surface area contributed by atoms with Crippen molar-refractivity contribution in [1.82, 2.24) is 0 Å². The molecule has 182 valence electrons. The van der Waals surface area contributed by atoms with Crippen LogP contribution in [0.15, 0.2) is 47.5 Å². The Labute approximate surface area is 226 Å². The van der Waals surface area contributed by atoms with Crippen molar-refractivity contribution in [2.24, 2.45) is 4.99 Å². The highest BCUT2D eigenvalue weighted by atomic mass is 127. The van der Waals surface area contributed by atoms with E-state index in [4.69, 9.17) is 26.1 Å². The summed E-state index contributed by atoms with van der Waals surface area (Å²) in [5.41, 5.74) is 3.06. The Balaban J connectivity index is 1.67. The summed E-state index contributed by atoms with van der Waals surface area (Å²) in [6.07, 6.45) is 5.61. The van der Waals surface area contributed by atoms with E-state index < -0.39 is 5.97 Å². The van der Waals surface area contributed by atoms with Crippen molar-refractivity contribution in [3.8, 4) is 5.75 Å². The number of esters is 1. The molecule has 9 heteroatoms. The van der Waals surface area contributed by atoms with Gasteiger partial charge in [0, 0.05) is 27.4 Å². The molecule has 0 radical (unpaired) electrons. The molecule has 2 aromatic carbocycles. The van der Waals surface area contributed by atoms with Crippen molar-refractivity contribution in [1.29, 1.82) is 0 Å². The van der Waals surface area contributed by atoms with Crippen molar-refractivity contribution in [3.05, 3.63) is 72.6 Å². The SMILES string of the molecule is CCOC(=O)COc1c(I)cc(Cl)cc1C=Nc1sc2c(c1C(=O)Nc1ccccc1)CCCC2. The minimum absolute atomic E-state index is 0.165. The fourth-order valence-electron chi connectivity index (χ4n) is 3.88. The Morgan fingerprint density at radius 1 is 1.20 bits per heavy atom. The summed E-state index contributed by atoms with van der Waals surface area (Å²) >= 11 is 9.96. The lowest BCUT2D eigenvalue weighted by molar-refractivity contribution is -0.145. The van der Waals surface area contributed by atoms with Gasteiger partial charge in [-0.25, -0.2) is 9.79 Å². The van der Waals surface area contributed by atoms with Crippen LogP contribution in [0.5, 0.6) is 5.75 Å². The third-order valence-corrected chi connectivity index (χ3v) is 7.63. The minimum Gasteiger partial charge on any atom is -0.480 e. The molecule has 0 aliphatic heterocycles. The molecule has 3 aromatic rings. The van der Waals surface area contributed by atoms with Crippen molar-refractivity contribution >= 4 is 74.3 Å². The fourth-order valence-corrected chi connectivity index (χ4v) is 6.33. The van der Waals surface area contributed by atoms with Crippen LogP contribution in [0.1, 0.15) is 46.1 Å². The number of benzene rings is 2. The number of fused-ring (bicyclic) bond motifs is 1. The monoisotopic (exact) mass is 622 g/mol. The Morgan fingerprint density at radius 3 is 2.74 bits per heavy atom. The molecular weight excluding hydrogens is 599 g/mol. The molecule has 0 saturated carbocycles. The van der Waals surface area contributed by atoms with Crippen LogP contribution >= 0.6 is 45.5 Å². The van der Waals surface area contributed by atoms with Gasteiger partial charge < -0.3 is 14.8 Å². The average molecular weight is 623 g/mol. The zero-order valence-corrected chi connectivity index (χ0v) is 22.8. The molecule has 0 spiro atoms. The summed E-state index contributed by atoms with van der Waals surface area (Å²) in [4.78, 5) is 31.1. The van der Waals surface area contributed by atoms with Gasteiger partial charge in [0.05, 0.1) is 15.7 Å². The number of anilines is 1. The number of halogens is 2. The van der Waals surface area contributed by atoms with Gasteiger partial charge in [-0.1, -0.05) is 29.8 Å². The lowest BCUT2D eigenvalue weighted by Gasteiger charge is -2.13. The fraction of sp³-hybridized carbons (Fsp3) is 0.269. The molecule has 1 amide bonds. The van der Waals surface area contributed by atoms with Gasteiger partial charge >= 0.3 is 5.97 Å². The number of hydrogen-bond acceptors (Lipinski definition) is 6. The van der Waals surface area contributed by atoms with Crippen molar-refractivity contribution in [2.75, 3.05) is 18.5 Å². The predicted octanol–water partition coefficient (Wildman–Crippen LogP) is 6.83. The van der Waals surface area contributed by atoms with Gasteiger partial charge in [0.25, 0.3) is 5.91 Å². The maximum atomic E-state index is 13.3. The third kappa shape index (κ3) is 6.42. The second-order valence-electron chi connectivity index (χ2n) is 7.87. The number of hydrogen-bond donors (Lipinski definition) is 1. The van der Waals surface area contributed by atoms with Gasteiger partial charge in [0.2, 0.25) is 0 Å². The highest BCUT2D eigenvalue weighted by molar-refractivity contribution is 14.1. The quantitative estimate of drug-likeness (QED) is 0.170. The first kappa shape index (κ1) is 25.7. The van der Waals surface area contributed by atoms with Gasteiger partial charge in [0.15, 0.2) is 6.61 Å². The third-order valence-electron chi connectivity index (χ3n) is 5.41. The lowest BCUT2D eigenvalue weighted by Crippen LogP contribution is -2.15. The molecule has 1 aromatic heterocycles. The highest BCUT2D eigenvalue weighted by Gasteiger charge is 2.25. The molecule has 1 heterocycles. The summed E-state index contributed by atoms with van der Waals surface area (Å²) in [6.45, 7) is 1.81. The lowest BCUT2D eigenvalue weighted by atomic mass is 9.95. The number of para-hydroxylation sites is 1. The molecule has 1 N–H and O–H groups in total. The van der Waals surface area contributed by atoms with Crippen LogP contribution < -0.4 is 10.1 Å². The Hall–Kier alpha value is -2.43. The number of ether oxygens (including phenoxy) is 2. The standard InChI is InChI=1S/C26H24ClIN2O4S/c1-2-33-22(31)15-34-24-16(12-17(27)13-20(24)28)14-29-26-23(19-10-6-7-11-21(19)35-26)25(32)30-18-8-4-3-5-9-18/h3-5,8-9,12-14H,2,6-7,10-11,15H2,1H3,(H,30,32). The van der Waals surface area contributed by atoms with E-state index in [9.17, 15) is 9.59 Å². The molecule has 0 atom stereocenters. The Kier molecular flexibility index (Phi) is 8.80. The summed E-state index contributed by atoms with van der Waals surface area (Å²) in [5, 5.41) is 4.17. The van der Waals surface area contributed by atoms with Crippen LogP contribution in [-0.2, 0) is 22.4 Å². The summed E-state index contributed by atoms with van der Waals surface area (Å²) < 4.78 is 11.5. The van der Waals surface area contributed by atoms with Crippen LogP contribution in [0.4, 0.5) is 10.7 Å². The van der Waals surface area contributed by atoms with Gasteiger partial charge in [-0.05, 0) is 85.0 Å². The van der Waals surface area contributed by atoms with Crippen LogP contribution in [-0.4, -0.2) is 31.3 Å². The number of carbonyl (C=O) groups is 2. The zero-order chi connectivity index (χ0) is 24.8. The minimum atomic E-state index is -0.452. The number of nitrogens with one attached hydrogen (secondary N) is 1. The largest absolute Gasteiger partial charge is 0.480 e. The molecule has 0 fully saturated rings. The molecule has 4 rings (SSSR count). The number of carbonyl (C=O) groups excluding carboxylic acids is 2. The molecule has 1 aliphatic carbocycles. The second-order valence-corrected chi connectivity index (χ2v) is 10.6. The van der Waals surface area contributed by atoms with Gasteiger partial charge in [-0.2, -0.15) is 0 Å².